The maximum atomic E-state index is 13.7. The average molecular weight is 613 g/mol. The number of halogens is 3. The van der Waals surface area contributed by atoms with Gasteiger partial charge < -0.3 is 9.80 Å². The number of rotatable bonds is 6. The van der Waals surface area contributed by atoms with E-state index in [9.17, 15) is 13.2 Å². The molecule has 2 heterocycles. The van der Waals surface area contributed by atoms with Crippen molar-refractivity contribution >= 4 is 0 Å². The topological polar surface area (TPSA) is 6.48 Å². The largest absolute Gasteiger partial charge is 0.303 e. The van der Waals surface area contributed by atoms with Gasteiger partial charge in [0.05, 0.1) is 0 Å². The van der Waals surface area contributed by atoms with Gasteiger partial charge in [0, 0.05) is 18.7 Å². The number of hydrogen-bond acceptors (Lipinski definition) is 2. The number of hydrogen-bond donors (Lipinski definition) is 0. The molecule has 0 amide bonds. The predicted molar refractivity (Wildman–Crippen MR) is 189 cm³/mol. The van der Waals surface area contributed by atoms with Crippen molar-refractivity contribution in [1.29, 1.82) is 0 Å². The van der Waals surface area contributed by atoms with E-state index >= 15 is 0 Å². The van der Waals surface area contributed by atoms with Crippen molar-refractivity contribution in [2.24, 2.45) is 5.92 Å². The second-order valence-electron chi connectivity index (χ2n) is 9.72. The highest BCUT2D eigenvalue weighted by Crippen LogP contribution is 2.19. The van der Waals surface area contributed by atoms with E-state index < -0.39 is 11.6 Å². The van der Waals surface area contributed by atoms with Gasteiger partial charge >= 0.3 is 0 Å². The van der Waals surface area contributed by atoms with Crippen LogP contribution in [0.2, 0.25) is 0 Å². The normalized spacial score (nSPS) is 14.4. The minimum atomic E-state index is -0.405. The molecule has 43 heavy (non-hydrogen) atoms. The van der Waals surface area contributed by atoms with Crippen LogP contribution in [0.4, 0.5) is 13.2 Å². The Hall–Kier alpha value is -1.85. The number of aryl methyl sites for hydroxylation is 1. The Morgan fingerprint density at radius 2 is 1.07 bits per heavy atom. The van der Waals surface area contributed by atoms with Crippen LogP contribution in [-0.4, -0.2) is 49.1 Å². The Bertz CT molecular complexity index is 835. The van der Waals surface area contributed by atoms with Gasteiger partial charge in [-0.15, -0.1) is 0 Å². The summed E-state index contributed by atoms with van der Waals surface area (Å²) in [6.45, 7) is 26.2. The molecule has 2 aromatic rings. The van der Waals surface area contributed by atoms with Crippen LogP contribution in [0.25, 0.3) is 0 Å². The fourth-order valence-electron chi connectivity index (χ4n) is 4.69. The molecule has 0 saturated carbocycles. The predicted octanol–water partition coefficient (Wildman–Crippen LogP) is 11.8. The maximum Gasteiger partial charge on any atom is 0.129 e. The minimum absolute atomic E-state index is 0. The lowest BCUT2D eigenvalue weighted by atomic mass is 9.98. The lowest BCUT2D eigenvalue weighted by molar-refractivity contribution is 0.193. The summed E-state index contributed by atoms with van der Waals surface area (Å²) in [6, 6.07) is 9.92. The molecule has 5 heteroatoms. The van der Waals surface area contributed by atoms with Crippen molar-refractivity contribution in [2.75, 3.05) is 39.3 Å². The highest BCUT2D eigenvalue weighted by Gasteiger charge is 2.17. The van der Waals surface area contributed by atoms with E-state index in [4.69, 9.17) is 0 Å². The fraction of sp³-hybridized carbons (Fsp3) is 0.684. The Labute approximate surface area is 267 Å². The van der Waals surface area contributed by atoms with Gasteiger partial charge in [-0.1, -0.05) is 102 Å². The monoisotopic (exact) mass is 613 g/mol. The first kappa shape index (κ1) is 48.1. The van der Waals surface area contributed by atoms with Crippen LogP contribution in [0.1, 0.15) is 126 Å². The van der Waals surface area contributed by atoms with Crippen molar-refractivity contribution in [3.63, 3.8) is 0 Å². The van der Waals surface area contributed by atoms with Gasteiger partial charge in [0.1, 0.15) is 17.5 Å². The molecule has 0 aromatic heterocycles. The summed E-state index contributed by atoms with van der Waals surface area (Å²) in [5.74, 6) is -0.0839. The Morgan fingerprint density at radius 1 is 0.628 bits per heavy atom. The van der Waals surface area contributed by atoms with Crippen LogP contribution < -0.4 is 0 Å². The van der Waals surface area contributed by atoms with Gasteiger partial charge in [0.25, 0.3) is 0 Å². The van der Waals surface area contributed by atoms with Crippen molar-refractivity contribution in [3.05, 3.63) is 70.5 Å². The maximum absolute atomic E-state index is 13.7. The quantitative estimate of drug-likeness (QED) is 0.320. The Kier molecular flexibility index (Phi) is 35.3. The van der Waals surface area contributed by atoms with E-state index in [0.717, 1.165) is 44.1 Å². The van der Waals surface area contributed by atoms with E-state index in [-0.39, 0.29) is 26.2 Å². The van der Waals surface area contributed by atoms with Gasteiger partial charge in [0.15, 0.2) is 0 Å². The van der Waals surface area contributed by atoms with Gasteiger partial charge in [-0.05, 0) is 107 Å². The fourth-order valence-corrected chi connectivity index (χ4v) is 4.69. The Balaban J connectivity index is -0.000000279. The Morgan fingerprint density at radius 3 is 1.56 bits per heavy atom. The highest BCUT2D eigenvalue weighted by atomic mass is 19.1. The van der Waals surface area contributed by atoms with Crippen LogP contribution >= 0.6 is 0 Å². The van der Waals surface area contributed by atoms with E-state index in [1.807, 2.05) is 67.5 Å². The van der Waals surface area contributed by atoms with Crippen LogP contribution in [0.5, 0.6) is 0 Å². The highest BCUT2D eigenvalue weighted by molar-refractivity contribution is 5.25. The summed E-state index contributed by atoms with van der Waals surface area (Å²) in [7, 11) is 0. The van der Waals surface area contributed by atoms with Gasteiger partial charge in [-0.3, -0.25) is 0 Å². The van der Waals surface area contributed by atoms with Crippen LogP contribution in [0.15, 0.2) is 36.4 Å². The first-order valence-corrected chi connectivity index (χ1v) is 16.5. The molecule has 2 aromatic carbocycles. The molecule has 2 nitrogen and oxygen atoms in total. The van der Waals surface area contributed by atoms with Crippen molar-refractivity contribution in [2.45, 2.75) is 129 Å². The van der Waals surface area contributed by atoms with Crippen LogP contribution in [0.3, 0.4) is 0 Å². The van der Waals surface area contributed by atoms with Crippen LogP contribution in [0, 0.1) is 30.3 Å². The van der Waals surface area contributed by atoms with E-state index in [0.29, 0.717) is 12.0 Å². The molecule has 2 aliphatic heterocycles. The van der Waals surface area contributed by atoms with E-state index in [2.05, 4.69) is 16.7 Å². The molecule has 0 spiro atoms. The van der Waals surface area contributed by atoms with Gasteiger partial charge in [0.2, 0.25) is 0 Å². The zero-order valence-electron chi connectivity index (χ0n) is 28.3. The minimum Gasteiger partial charge on any atom is -0.303 e. The molecule has 0 bridgehead atoms. The summed E-state index contributed by atoms with van der Waals surface area (Å²) < 4.78 is 40.7. The number of nitrogens with zero attached hydrogens (tertiary/aromatic N) is 2. The summed E-state index contributed by atoms with van der Waals surface area (Å²) in [4.78, 5) is 4.74. The summed E-state index contributed by atoms with van der Waals surface area (Å²) in [5, 5.41) is 0. The third-order valence-corrected chi connectivity index (χ3v) is 6.94. The van der Waals surface area contributed by atoms with Gasteiger partial charge in [-0.2, -0.15) is 0 Å². The molecule has 0 unspecified atom stereocenters. The van der Waals surface area contributed by atoms with E-state index in [1.54, 1.807) is 19.1 Å². The molecule has 0 atom stereocenters. The SMILES string of the molecule is C.C.CC.CC.CC.CC.Cc1cc(F)c(CCN2CCC(C)CC2)c(F)c1.Fc1ccccc1CCN1CCCCC1. The first-order valence-electron chi connectivity index (χ1n) is 16.5. The van der Waals surface area contributed by atoms with Crippen molar-refractivity contribution < 1.29 is 13.2 Å². The zero-order valence-corrected chi connectivity index (χ0v) is 28.3. The van der Waals surface area contributed by atoms with Crippen LogP contribution in [-0.2, 0) is 12.8 Å². The third-order valence-electron chi connectivity index (χ3n) is 6.94. The molecular weight excluding hydrogens is 541 g/mol. The molecule has 2 saturated heterocycles. The smallest absolute Gasteiger partial charge is 0.129 e. The number of likely N-dealkylation sites (tertiary alicyclic amines) is 2. The number of benzene rings is 2. The summed E-state index contributed by atoms with van der Waals surface area (Å²) in [5.41, 5.74) is 1.72. The van der Waals surface area contributed by atoms with Crippen molar-refractivity contribution in [1.82, 2.24) is 9.80 Å². The molecule has 0 N–H and O–H groups in total. The van der Waals surface area contributed by atoms with Gasteiger partial charge in [-0.25, -0.2) is 13.2 Å². The lowest BCUT2D eigenvalue weighted by Crippen LogP contribution is -2.34. The molecule has 4 rings (SSSR count). The molecule has 254 valence electrons. The number of piperidine rings is 2. The standard InChI is InChI=1S/C15H21F2N.C13H18FN.4C2H6.2CH4/c1-11-3-6-18(7-4-11)8-5-13-14(16)9-12(2)10-15(13)17;14-13-7-3-2-6-12(13)8-11-15-9-4-1-5-10-15;4*1-2;;/h9-11H,3-8H2,1-2H3;2-3,6-7H,1,4-5,8-11H2;4*1-2H3;2*1H4. The summed E-state index contributed by atoms with van der Waals surface area (Å²) >= 11 is 0. The summed E-state index contributed by atoms with van der Waals surface area (Å²) in [6.07, 6.45) is 7.65. The molecule has 0 aliphatic carbocycles. The molecule has 0 radical (unpaired) electrons. The first-order chi connectivity index (χ1) is 19.9. The lowest BCUT2D eigenvalue weighted by Gasteiger charge is -2.30. The second kappa shape index (κ2) is 31.6. The van der Waals surface area contributed by atoms with Crippen molar-refractivity contribution in [3.8, 4) is 0 Å². The third kappa shape index (κ3) is 20.7. The van der Waals surface area contributed by atoms with E-state index in [1.165, 1.54) is 57.3 Å². The molecular formula is C38H71F3N2. The molecule has 2 aliphatic rings. The average Bonchev–Trinajstić information content (AvgIpc) is 3.02. The second-order valence-corrected chi connectivity index (χ2v) is 9.72. The zero-order chi connectivity index (χ0) is 31.6. The molecule has 2 fully saturated rings.